The molecule has 0 aromatic carbocycles. The van der Waals surface area contributed by atoms with Gasteiger partial charge in [-0.25, -0.2) is 9.48 Å². The highest BCUT2D eigenvalue weighted by atomic mass is 32.1. The van der Waals surface area contributed by atoms with Crippen molar-refractivity contribution in [1.29, 1.82) is 0 Å². The van der Waals surface area contributed by atoms with Crippen molar-refractivity contribution in [2.75, 3.05) is 6.61 Å². The fourth-order valence-corrected chi connectivity index (χ4v) is 3.15. The number of rotatable bonds is 8. The zero-order chi connectivity index (χ0) is 20.8. The molecule has 1 amide bonds. The lowest BCUT2D eigenvalue weighted by molar-refractivity contribution is -0.129. The maximum absolute atomic E-state index is 12.5. The molecule has 0 saturated carbocycles. The molecule has 0 spiro atoms. The summed E-state index contributed by atoms with van der Waals surface area (Å²) >= 11 is 1.54. The van der Waals surface area contributed by atoms with Crippen molar-refractivity contribution in [3.05, 3.63) is 52.0 Å². The molecule has 3 aromatic heterocycles. The van der Waals surface area contributed by atoms with Gasteiger partial charge >= 0.3 is 5.97 Å². The molecule has 10 heteroatoms. The van der Waals surface area contributed by atoms with Crippen LogP contribution in [0, 0.1) is 6.92 Å². The Hall–Kier alpha value is -3.27. The average molecular weight is 415 g/mol. The lowest BCUT2D eigenvalue weighted by Crippen LogP contribution is -2.35. The predicted octanol–water partition coefficient (Wildman–Crippen LogP) is 2.29. The number of carbonyl (C=O) groups excluding carboxylic acids is 2. The van der Waals surface area contributed by atoms with Crippen LogP contribution in [0.15, 0.2) is 35.8 Å². The van der Waals surface area contributed by atoms with Crippen molar-refractivity contribution >= 4 is 23.2 Å². The summed E-state index contributed by atoms with van der Waals surface area (Å²) in [5.74, 6) is -0.157. The Bertz CT molecular complexity index is 969. The number of ether oxygens (including phenoxy) is 2. The van der Waals surface area contributed by atoms with Gasteiger partial charge in [0.2, 0.25) is 5.88 Å². The van der Waals surface area contributed by atoms with Crippen LogP contribution < -0.4 is 10.1 Å². The molecule has 0 bridgehead atoms. The minimum Gasteiger partial charge on any atom is -0.477 e. The van der Waals surface area contributed by atoms with E-state index in [9.17, 15) is 9.59 Å². The van der Waals surface area contributed by atoms with Crippen LogP contribution in [-0.4, -0.2) is 44.6 Å². The number of hydrogen-bond acceptors (Lipinski definition) is 8. The second-order valence-corrected chi connectivity index (χ2v) is 7.10. The summed E-state index contributed by atoms with van der Waals surface area (Å²) in [6.45, 7) is 5.98. The Kier molecular flexibility index (Phi) is 6.55. The van der Waals surface area contributed by atoms with E-state index in [2.05, 4.69) is 20.6 Å². The SMILES string of the molecule is CCOc1ccc(-n2ncc(C(=O)OC(C)C(=O)NCc3cccs3)c2C)nn1. The van der Waals surface area contributed by atoms with Crippen molar-refractivity contribution in [2.45, 2.75) is 33.4 Å². The number of aromatic nitrogens is 4. The maximum atomic E-state index is 12.5. The first kappa shape index (κ1) is 20.5. The molecule has 1 unspecified atom stereocenters. The van der Waals surface area contributed by atoms with Gasteiger partial charge in [-0.1, -0.05) is 6.07 Å². The van der Waals surface area contributed by atoms with Gasteiger partial charge in [0.1, 0.15) is 5.56 Å². The summed E-state index contributed by atoms with van der Waals surface area (Å²) in [6.07, 6.45) is 0.446. The molecule has 9 nitrogen and oxygen atoms in total. The van der Waals surface area contributed by atoms with Gasteiger partial charge in [-0.15, -0.1) is 21.5 Å². The third-order valence-corrected chi connectivity index (χ3v) is 4.91. The van der Waals surface area contributed by atoms with Crippen LogP contribution in [0.2, 0.25) is 0 Å². The van der Waals surface area contributed by atoms with Crippen LogP contribution in [0.4, 0.5) is 0 Å². The van der Waals surface area contributed by atoms with Gasteiger partial charge in [0, 0.05) is 10.9 Å². The van der Waals surface area contributed by atoms with Crippen molar-refractivity contribution in [3.8, 4) is 11.7 Å². The lowest BCUT2D eigenvalue weighted by atomic mass is 10.2. The Morgan fingerprint density at radius 2 is 2.10 bits per heavy atom. The first-order valence-electron chi connectivity index (χ1n) is 9.02. The molecule has 29 heavy (non-hydrogen) atoms. The molecule has 0 radical (unpaired) electrons. The zero-order valence-electron chi connectivity index (χ0n) is 16.3. The summed E-state index contributed by atoms with van der Waals surface area (Å²) in [4.78, 5) is 25.7. The van der Waals surface area contributed by atoms with Gasteiger partial charge in [-0.05, 0) is 38.3 Å². The summed E-state index contributed by atoms with van der Waals surface area (Å²) in [5, 5.41) is 16.9. The van der Waals surface area contributed by atoms with Crippen molar-refractivity contribution in [2.24, 2.45) is 0 Å². The quantitative estimate of drug-likeness (QED) is 0.562. The van der Waals surface area contributed by atoms with E-state index in [4.69, 9.17) is 9.47 Å². The van der Waals surface area contributed by atoms with Crippen molar-refractivity contribution < 1.29 is 19.1 Å². The Labute approximate surface area is 171 Å². The third kappa shape index (κ3) is 4.96. The summed E-state index contributed by atoms with van der Waals surface area (Å²) in [6, 6.07) is 7.19. The average Bonchev–Trinajstić information content (AvgIpc) is 3.36. The number of amides is 1. The predicted molar refractivity (Wildman–Crippen MR) is 106 cm³/mol. The molecule has 0 aliphatic heterocycles. The van der Waals surface area contributed by atoms with Crippen LogP contribution in [0.1, 0.15) is 34.8 Å². The first-order chi connectivity index (χ1) is 14.0. The molecule has 3 heterocycles. The largest absolute Gasteiger partial charge is 0.477 e. The normalized spacial score (nSPS) is 11.7. The number of thiophene rings is 1. The van der Waals surface area contributed by atoms with Crippen molar-refractivity contribution in [1.82, 2.24) is 25.3 Å². The summed E-state index contributed by atoms with van der Waals surface area (Å²) in [7, 11) is 0. The smallest absolute Gasteiger partial charge is 0.342 e. The second-order valence-electron chi connectivity index (χ2n) is 6.06. The number of nitrogens with zero attached hydrogens (tertiary/aromatic N) is 4. The molecule has 1 atom stereocenters. The number of hydrogen-bond donors (Lipinski definition) is 1. The summed E-state index contributed by atoms with van der Waals surface area (Å²) < 4.78 is 12.0. The van der Waals surface area contributed by atoms with Gasteiger partial charge in [-0.3, -0.25) is 4.79 Å². The molecule has 3 rings (SSSR count). The second kappa shape index (κ2) is 9.28. The Morgan fingerprint density at radius 1 is 1.28 bits per heavy atom. The van der Waals surface area contributed by atoms with Crippen LogP contribution >= 0.6 is 11.3 Å². The van der Waals surface area contributed by atoms with Crippen LogP contribution in [-0.2, 0) is 16.1 Å². The highest BCUT2D eigenvalue weighted by molar-refractivity contribution is 7.09. The van der Waals surface area contributed by atoms with E-state index in [1.165, 1.54) is 17.8 Å². The van der Waals surface area contributed by atoms with E-state index in [1.54, 1.807) is 30.4 Å². The molecular formula is C19H21N5O4S. The highest BCUT2D eigenvalue weighted by Gasteiger charge is 2.22. The van der Waals surface area contributed by atoms with E-state index in [0.29, 0.717) is 30.5 Å². The minimum atomic E-state index is -0.935. The maximum Gasteiger partial charge on any atom is 0.342 e. The number of esters is 1. The molecule has 3 aromatic rings. The standard InChI is InChI=1S/C19H21N5O4S/c1-4-27-17-8-7-16(22-23-17)24-12(2)15(11-21-24)19(26)28-13(3)18(25)20-10-14-6-5-9-29-14/h5-9,11,13H,4,10H2,1-3H3,(H,20,25). The number of nitrogens with one attached hydrogen (secondary N) is 1. The van der Waals surface area contributed by atoms with Crippen LogP contribution in [0.5, 0.6) is 5.88 Å². The Balaban J connectivity index is 1.63. The number of carbonyl (C=O) groups is 2. The molecule has 0 saturated heterocycles. The Morgan fingerprint density at radius 3 is 2.76 bits per heavy atom. The van der Waals surface area contributed by atoms with Crippen LogP contribution in [0.3, 0.4) is 0 Å². The van der Waals surface area contributed by atoms with E-state index >= 15 is 0 Å². The van der Waals surface area contributed by atoms with Gasteiger partial charge < -0.3 is 14.8 Å². The van der Waals surface area contributed by atoms with Crippen molar-refractivity contribution in [3.63, 3.8) is 0 Å². The highest BCUT2D eigenvalue weighted by Crippen LogP contribution is 2.15. The zero-order valence-corrected chi connectivity index (χ0v) is 17.1. The molecule has 0 aliphatic rings. The van der Waals surface area contributed by atoms with E-state index in [-0.39, 0.29) is 11.5 Å². The lowest BCUT2D eigenvalue weighted by Gasteiger charge is -2.13. The molecular weight excluding hydrogens is 394 g/mol. The van der Waals surface area contributed by atoms with Gasteiger partial charge in [0.05, 0.1) is 25.0 Å². The monoisotopic (exact) mass is 415 g/mol. The van der Waals surface area contributed by atoms with E-state index in [1.807, 2.05) is 24.4 Å². The molecule has 0 fully saturated rings. The fourth-order valence-electron chi connectivity index (χ4n) is 2.50. The first-order valence-corrected chi connectivity index (χ1v) is 9.90. The third-order valence-electron chi connectivity index (χ3n) is 4.03. The topological polar surface area (TPSA) is 108 Å². The van der Waals surface area contributed by atoms with Gasteiger partial charge in [-0.2, -0.15) is 5.10 Å². The van der Waals surface area contributed by atoms with Crippen LogP contribution in [0.25, 0.3) is 5.82 Å². The van der Waals surface area contributed by atoms with E-state index in [0.717, 1.165) is 4.88 Å². The molecule has 1 N–H and O–H groups in total. The van der Waals surface area contributed by atoms with Gasteiger partial charge in [0.15, 0.2) is 11.9 Å². The molecule has 152 valence electrons. The minimum absolute atomic E-state index is 0.249. The van der Waals surface area contributed by atoms with Gasteiger partial charge in [0.25, 0.3) is 5.91 Å². The molecule has 0 aliphatic carbocycles. The van der Waals surface area contributed by atoms with E-state index < -0.39 is 12.1 Å². The fraction of sp³-hybridized carbons (Fsp3) is 0.316. The summed E-state index contributed by atoms with van der Waals surface area (Å²) in [5.41, 5.74) is 0.776.